The van der Waals surface area contributed by atoms with Gasteiger partial charge in [-0.1, -0.05) is 0 Å². The summed E-state index contributed by atoms with van der Waals surface area (Å²) < 4.78 is 43.2. The average Bonchev–Trinajstić information content (AvgIpc) is 2.19. The Bertz CT molecular complexity index is 422. The van der Waals surface area contributed by atoms with E-state index in [9.17, 15) is 18.2 Å². The fraction of sp³-hybridized carbons (Fsp3) is 0. The number of rotatable bonds is 6. The van der Waals surface area contributed by atoms with E-state index in [4.69, 9.17) is 4.18 Å². The molecule has 0 bridgehead atoms. The first-order valence-corrected chi connectivity index (χ1v) is 5.56. The second-order valence-corrected chi connectivity index (χ2v) is 3.67. The molecule has 0 atom stereocenters. The third-order valence-electron chi connectivity index (χ3n) is 1.21. The van der Waals surface area contributed by atoms with Gasteiger partial charge in [0.05, 0.1) is 0 Å². The second kappa shape index (κ2) is 10.7. The van der Waals surface area contributed by atoms with Crippen LogP contribution in [0.15, 0.2) is 24.3 Å². The number of benzene rings is 1. The van der Waals surface area contributed by atoms with Crippen molar-refractivity contribution in [3.63, 3.8) is 0 Å². The van der Waals surface area contributed by atoms with Gasteiger partial charge >= 0.3 is 59.1 Å². The Morgan fingerprint density at radius 1 is 1.06 bits per heavy atom. The minimum atomic E-state index is -4.79. The van der Waals surface area contributed by atoms with Crippen LogP contribution in [0.3, 0.4) is 0 Å². The molecular weight excluding hydrogens is 310 g/mol. The van der Waals surface area contributed by atoms with E-state index in [1.54, 1.807) is 0 Å². The maximum absolute atomic E-state index is 10.2. The van der Waals surface area contributed by atoms with Gasteiger partial charge in [0.1, 0.15) is 11.5 Å². The Morgan fingerprint density at radius 3 is 2.00 bits per heavy atom. The molecule has 90 valence electrons. The van der Waals surface area contributed by atoms with Crippen LogP contribution in [-0.2, 0) is 19.8 Å². The van der Waals surface area contributed by atoms with Gasteiger partial charge in [0.2, 0.25) is 0 Å². The van der Waals surface area contributed by atoms with E-state index >= 15 is 0 Å². The SMILES string of the molecule is O=S(=O)([O-])Oc1ccc(OSOO[O-])cc1.[Na+].[Na+]. The standard InChI is InChI=1S/C6H6O8S2.2Na/c7-13-14-15-11-5-1-3-6(4-2-5)12-16(8,9)10;;/h1-4,7H,(H,8,9,10);;/q;2*+1/p-2. The number of hydrogen-bond acceptors (Lipinski definition) is 9. The van der Waals surface area contributed by atoms with Crippen LogP contribution in [0.5, 0.6) is 11.5 Å². The summed E-state index contributed by atoms with van der Waals surface area (Å²) >= 11 is 0.270. The fourth-order valence-corrected chi connectivity index (χ4v) is 1.32. The molecule has 12 heteroatoms. The first kappa shape index (κ1) is 21.3. The molecule has 0 saturated heterocycles. The third kappa shape index (κ3) is 9.83. The van der Waals surface area contributed by atoms with Gasteiger partial charge in [-0.2, -0.15) is 0 Å². The molecule has 0 N–H and O–H groups in total. The van der Waals surface area contributed by atoms with Crippen molar-refractivity contribution in [3.8, 4) is 11.5 Å². The van der Waals surface area contributed by atoms with Crippen LogP contribution in [0.4, 0.5) is 0 Å². The summed E-state index contributed by atoms with van der Waals surface area (Å²) in [5, 5.41) is 12.4. The molecule has 0 heterocycles. The fourth-order valence-electron chi connectivity index (χ4n) is 0.733. The Balaban J connectivity index is 0. The maximum Gasteiger partial charge on any atom is 1.00 e. The van der Waals surface area contributed by atoms with Crippen LogP contribution in [0.2, 0.25) is 0 Å². The van der Waals surface area contributed by atoms with Gasteiger partial charge in [-0.3, -0.25) is 5.04 Å². The summed E-state index contributed by atoms with van der Waals surface area (Å²) in [5.41, 5.74) is 0. The summed E-state index contributed by atoms with van der Waals surface area (Å²) in [6.07, 6.45) is 0. The monoisotopic (exact) mass is 314 g/mol. The molecule has 0 spiro atoms. The normalized spacial score (nSPS) is 9.89. The van der Waals surface area contributed by atoms with Crippen molar-refractivity contribution in [2.75, 3.05) is 0 Å². The van der Waals surface area contributed by atoms with E-state index in [0.29, 0.717) is 0 Å². The zero-order chi connectivity index (χ0) is 12.0. The Hall–Kier alpha value is 0.960. The molecule has 0 unspecified atom stereocenters. The number of hydrogen-bond donors (Lipinski definition) is 0. The van der Waals surface area contributed by atoms with E-state index in [0.717, 1.165) is 0 Å². The third-order valence-corrected chi connectivity index (χ3v) is 1.98. The molecule has 1 rings (SSSR count). The van der Waals surface area contributed by atoms with Crippen molar-refractivity contribution in [1.29, 1.82) is 0 Å². The van der Waals surface area contributed by atoms with Crippen LogP contribution in [0.1, 0.15) is 0 Å². The maximum atomic E-state index is 10.2. The van der Waals surface area contributed by atoms with Crippen LogP contribution < -0.4 is 72.7 Å². The molecule has 0 aromatic heterocycles. The van der Waals surface area contributed by atoms with Crippen LogP contribution in [0.25, 0.3) is 0 Å². The predicted octanol–water partition coefficient (Wildman–Crippen LogP) is -6.30. The van der Waals surface area contributed by atoms with Gasteiger partial charge < -0.3 is 18.2 Å². The van der Waals surface area contributed by atoms with Gasteiger partial charge in [-0.25, -0.2) is 8.42 Å². The van der Waals surface area contributed by atoms with E-state index in [2.05, 4.69) is 13.6 Å². The predicted molar refractivity (Wildman–Crippen MR) is 47.2 cm³/mol. The molecule has 1 aromatic rings. The summed E-state index contributed by atoms with van der Waals surface area (Å²) in [6, 6.07) is 4.95. The smallest absolute Gasteiger partial charge is 0.716 e. The molecule has 0 fully saturated rings. The molecule has 18 heavy (non-hydrogen) atoms. The molecule has 0 saturated carbocycles. The van der Waals surface area contributed by atoms with Gasteiger partial charge in [-0.15, -0.1) is 4.33 Å². The molecular formula is C6H4Na2O8S2. The molecule has 8 nitrogen and oxygen atoms in total. The van der Waals surface area contributed by atoms with Crippen LogP contribution in [-0.4, -0.2) is 13.0 Å². The van der Waals surface area contributed by atoms with Gasteiger partial charge in [0, 0.05) is 0 Å². The topological polar surface area (TPSA) is 117 Å². The first-order chi connectivity index (χ1) is 7.51. The van der Waals surface area contributed by atoms with Gasteiger partial charge in [-0.05, 0) is 24.3 Å². The zero-order valence-electron chi connectivity index (χ0n) is 9.39. The minimum Gasteiger partial charge on any atom is -0.716 e. The van der Waals surface area contributed by atoms with Crippen LogP contribution in [0, 0.1) is 0 Å². The Morgan fingerprint density at radius 2 is 1.56 bits per heavy atom. The van der Waals surface area contributed by atoms with E-state index in [-0.39, 0.29) is 82.9 Å². The van der Waals surface area contributed by atoms with Crippen molar-refractivity contribution >= 4 is 22.7 Å². The van der Waals surface area contributed by atoms with Crippen molar-refractivity contribution < 1.29 is 95.1 Å². The Kier molecular flexibility index (Phi) is 12.7. The molecule has 0 aliphatic rings. The average molecular weight is 314 g/mol. The van der Waals surface area contributed by atoms with Crippen molar-refractivity contribution in [3.05, 3.63) is 24.3 Å². The second-order valence-electron chi connectivity index (χ2n) is 2.25. The van der Waals surface area contributed by atoms with E-state index in [1.165, 1.54) is 24.3 Å². The minimum absolute atomic E-state index is 0. The Labute approximate surface area is 152 Å². The van der Waals surface area contributed by atoms with E-state index < -0.39 is 10.4 Å². The molecule has 0 amide bonds. The van der Waals surface area contributed by atoms with Crippen molar-refractivity contribution in [2.45, 2.75) is 0 Å². The molecule has 0 aliphatic carbocycles. The van der Waals surface area contributed by atoms with Crippen molar-refractivity contribution in [2.24, 2.45) is 0 Å². The zero-order valence-corrected chi connectivity index (χ0v) is 15.0. The summed E-state index contributed by atoms with van der Waals surface area (Å²) in [4.78, 5) is 0. The summed E-state index contributed by atoms with van der Waals surface area (Å²) in [6.45, 7) is 0. The quantitative estimate of drug-likeness (QED) is 0.0961. The first-order valence-electron chi connectivity index (χ1n) is 3.56. The van der Waals surface area contributed by atoms with Crippen molar-refractivity contribution in [1.82, 2.24) is 0 Å². The molecule has 0 aliphatic heterocycles. The molecule has 1 aromatic carbocycles. The molecule has 0 radical (unpaired) electrons. The summed E-state index contributed by atoms with van der Waals surface area (Å²) in [5.74, 6) is 0.0750. The summed E-state index contributed by atoms with van der Waals surface area (Å²) in [7, 11) is -4.79. The van der Waals surface area contributed by atoms with Gasteiger partial charge in [0.25, 0.3) is 22.7 Å². The van der Waals surface area contributed by atoms with E-state index in [1.807, 2.05) is 0 Å². The largest absolute Gasteiger partial charge is 1.00 e. The van der Waals surface area contributed by atoms with Crippen LogP contribution >= 0.6 is 12.3 Å². The van der Waals surface area contributed by atoms with Gasteiger partial charge in [0.15, 0.2) is 0 Å².